The van der Waals surface area contributed by atoms with Crippen LogP contribution in [0.25, 0.3) is 0 Å². The first-order valence-corrected chi connectivity index (χ1v) is 6.65. The summed E-state index contributed by atoms with van der Waals surface area (Å²) < 4.78 is 0. The number of likely N-dealkylation sites (N-methyl/N-ethyl adjacent to an activating group) is 1. The van der Waals surface area contributed by atoms with Gasteiger partial charge in [0.05, 0.1) is 0 Å². The summed E-state index contributed by atoms with van der Waals surface area (Å²) in [5.41, 5.74) is 8.55. The van der Waals surface area contributed by atoms with Crippen molar-refractivity contribution in [2.24, 2.45) is 11.7 Å². The van der Waals surface area contributed by atoms with Gasteiger partial charge in [0.25, 0.3) is 0 Å². The summed E-state index contributed by atoms with van der Waals surface area (Å²) in [6, 6.07) is 9.23. The number of nitrogens with two attached hydrogens (primary N) is 1. The van der Waals surface area contributed by atoms with Crippen molar-refractivity contribution >= 4 is 5.69 Å². The van der Waals surface area contributed by atoms with Crippen molar-refractivity contribution < 1.29 is 0 Å². The molecule has 1 aromatic carbocycles. The van der Waals surface area contributed by atoms with E-state index >= 15 is 0 Å². The largest absolute Gasteiger partial charge is 0.370 e. The average Bonchev–Trinajstić information content (AvgIpc) is 2.39. The van der Waals surface area contributed by atoms with E-state index in [1.165, 1.54) is 17.7 Å². The Morgan fingerprint density at radius 2 is 1.76 bits per heavy atom. The molecule has 1 aromatic rings. The summed E-state index contributed by atoms with van der Waals surface area (Å²) in [5.74, 6) is 0.621. The normalized spacial score (nSPS) is 14.4. The van der Waals surface area contributed by atoms with Crippen molar-refractivity contribution in [3.8, 4) is 0 Å². The molecule has 2 nitrogen and oxygen atoms in total. The zero-order valence-corrected chi connectivity index (χ0v) is 11.6. The van der Waals surface area contributed by atoms with E-state index < -0.39 is 0 Å². The average molecular weight is 234 g/mol. The third-order valence-electron chi connectivity index (χ3n) is 3.79. The van der Waals surface area contributed by atoms with E-state index in [4.69, 9.17) is 5.73 Å². The summed E-state index contributed by atoms with van der Waals surface area (Å²) in [5, 5.41) is 0. The van der Waals surface area contributed by atoms with E-state index in [2.05, 4.69) is 57.0 Å². The van der Waals surface area contributed by atoms with Crippen molar-refractivity contribution in [2.75, 3.05) is 18.5 Å². The zero-order chi connectivity index (χ0) is 12.8. The maximum atomic E-state index is 5.90. The number of rotatable bonds is 6. The van der Waals surface area contributed by atoms with Gasteiger partial charge in [-0.25, -0.2) is 0 Å². The van der Waals surface area contributed by atoms with Crippen LogP contribution in [0.1, 0.15) is 32.8 Å². The molecule has 0 spiro atoms. The van der Waals surface area contributed by atoms with Gasteiger partial charge in [0, 0.05) is 25.3 Å². The van der Waals surface area contributed by atoms with Gasteiger partial charge in [0.2, 0.25) is 0 Å². The maximum absolute atomic E-state index is 5.90. The van der Waals surface area contributed by atoms with E-state index in [0.717, 1.165) is 6.42 Å². The van der Waals surface area contributed by atoms with Crippen LogP contribution in [-0.4, -0.2) is 19.6 Å². The Kier molecular flexibility index (Phi) is 5.49. The number of anilines is 1. The number of nitrogens with zero attached hydrogens (tertiary/aromatic N) is 1. The van der Waals surface area contributed by atoms with Crippen molar-refractivity contribution in [2.45, 2.75) is 39.7 Å². The van der Waals surface area contributed by atoms with Crippen molar-refractivity contribution in [3.63, 3.8) is 0 Å². The third kappa shape index (κ3) is 3.47. The highest BCUT2D eigenvalue weighted by Crippen LogP contribution is 2.21. The fourth-order valence-corrected chi connectivity index (χ4v) is 2.20. The number of aryl methyl sites for hydroxylation is 1. The molecule has 0 saturated heterocycles. The molecule has 2 unspecified atom stereocenters. The van der Waals surface area contributed by atoms with Gasteiger partial charge in [0.1, 0.15) is 0 Å². The van der Waals surface area contributed by atoms with Gasteiger partial charge in [0.15, 0.2) is 0 Å². The van der Waals surface area contributed by atoms with Crippen LogP contribution >= 0.6 is 0 Å². The molecule has 1 rings (SSSR count). The minimum atomic E-state index is 0.424. The molecular formula is C15H26N2. The lowest BCUT2D eigenvalue weighted by molar-refractivity contribution is 0.433. The first-order valence-electron chi connectivity index (χ1n) is 6.65. The predicted molar refractivity (Wildman–Crippen MR) is 76.5 cm³/mol. The van der Waals surface area contributed by atoms with Crippen molar-refractivity contribution in [1.29, 1.82) is 0 Å². The van der Waals surface area contributed by atoms with Gasteiger partial charge < -0.3 is 10.6 Å². The van der Waals surface area contributed by atoms with Crippen LogP contribution in [0.5, 0.6) is 0 Å². The number of hydrogen-bond donors (Lipinski definition) is 1. The Morgan fingerprint density at radius 3 is 2.18 bits per heavy atom. The first kappa shape index (κ1) is 14.0. The molecule has 0 aromatic heterocycles. The quantitative estimate of drug-likeness (QED) is 0.819. The zero-order valence-electron chi connectivity index (χ0n) is 11.6. The van der Waals surface area contributed by atoms with Crippen LogP contribution in [0.3, 0.4) is 0 Å². The van der Waals surface area contributed by atoms with Crippen LogP contribution in [-0.2, 0) is 6.42 Å². The van der Waals surface area contributed by atoms with Gasteiger partial charge in [-0.05, 0) is 30.0 Å². The van der Waals surface area contributed by atoms with E-state index in [-0.39, 0.29) is 0 Å². The predicted octanol–water partition coefficient (Wildman–Crippen LogP) is 3.06. The summed E-state index contributed by atoms with van der Waals surface area (Å²) in [7, 11) is 2.14. The van der Waals surface area contributed by atoms with Crippen LogP contribution < -0.4 is 10.6 Å². The molecule has 0 aliphatic heterocycles. The van der Waals surface area contributed by atoms with Crippen molar-refractivity contribution in [3.05, 3.63) is 29.8 Å². The van der Waals surface area contributed by atoms with Crippen LogP contribution in [0.2, 0.25) is 0 Å². The Morgan fingerprint density at radius 1 is 1.18 bits per heavy atom. The second-order valence-corrected chi connectivity index (χ2v) is 4.82. The smallest absolute Gasteiger partial charge is 0.0434 e. The molecule has 17 heavy (non-hydrogen) atoms. The first-order chi connectivity index (χ1) is 8.13. The fourth-order valence-electron chi connectivity index (χ4n) is 2.20. The second kappa shape index (κ2) is 6.65. The molecule has 0 amide bonds. The molecule has 0 radical (unpaired) electrons. The number of benzene rings is 1. The van der Waals surface area contributed by atoms with Gasteiger partial charge in [-0.15, -0.1) is 0 Å². The molecule has 0 saturated carbocycles. The molecular weight excluding hydrogens is 208 g/mol. The molecule has 0 fully saturated rings. The van der Waals surface area contributed by atoms with Crippen molar-refractivity contribution in [1.82, 2.24) is 0 Å². The highest BCUT2D eigenvalue weighted by molar-refractivity contribution is 5.48. The highest BCUT2D eigenvalue weighted by atomic mass is 15.1. The molecule has 0 heterocycles. The van der Waals surface area contributed by atoms with Crippen LogP contribution in [0.4, 0.5) is 5.69 Å². The summed E-state index contributed by atoms with van der Waals surface area (Å²) in [4.78, 5) is 2.31. The second-order valence-electron chi connectivity index (χ2n) is 4.82. The molecule has 2 heteroatoms. The number of hydrogen-bond acceptors (Lipinski definition) is 2. The monoisotopic (exact) mass is 234 g/mol. The summed E-state index contributed by atoms with van der Waals surface area (Å²) in [6.45, 7) is 7.39. The Hall–Kier alpha value is -1.02. The molecule has 0 aliphatic rings. The van der Waals surface area contributed by atoms with E-state index in [1.54, 1.807) is 0 Å². The van der Waals surface area contributed by atoms with Gasteiger partial charge >= 0.3 is 0 Å². The minimum Gasteiger partial charge on any atom is -0.370 e. The lowest BCUT2D eigenvalue weighted by atomic mass is 9.97. The topological polar surface area (TPSA) is 29.3 Å². The minimum absolute atomic E-state index is 0.424. The van der Waals surface area contributed by atoms with Gasteiger partial charge in [-0.1, -0.05) is 39.3 Å². The fraction of sp³-hybridized carbons (Fsp3) is 0.600. The molecule has 0 aliphatic carbocycles. The summed E-state index contributed by atoms with van der Waals surface area (Å²) in [6.07, 6.45) is 2.26. The van der Waals surface area contributed by atoms with Gasteiger partial charge in [-0.3, -0.25) is 0 Å². The van der Waals surface area contributed by atoms with Crippen LogP contribution in [0.15, 0.2) is 24.3 Å². The maximum Gasteiger partial charge on any atom is 0.0434 e. The summed E-state index contributed by atoms with van der Waals surface area (Å²) >= 11 is 0. The standard InChI is InChI=1S/C15H26N2/c1-5-12(3)15(11-16)17(4)14-9-7-13(6-2)8-10-14/h7-10,12,15H,5-6,11,16H2,1-4H3. The van der Waals surface area contributed by atoms with Crippen LogP contribution in [0, 0.1) is 5.92 Å². The lowest BCUT2D eigenvalue weighted by Gasteiger charge is -2.33. The Balaban J connectivity index is 2.81. The third-order valence-corrected chi connectivity index (χ3v) is 3.79. The molecule has 0 bridgehead atoms. The van der Waals surface area contributed by atoms with E-state index in [0.29, 0.717) is 18.5 Å². The SMILES string of the molecule is CCc1ccc(N(C)C(CN)C(C)CC)cc1. The van der Waals surface area contributed by atoms with E-state index in [1.807, 2.05) is 0 Å². The Bertz CT molecular complexity index is 318. The highest BCUT2D eigenvalue weighted by Gasteiger charge is 2.19. The molecule has 96 valence electrons. The molecule has 2 N–H and O–H groups in total. The van der Waals surface area contributed by atoms with Gasteiger partial charge in [-0.2, -0.15) is 0 Å². The Labute approximate surface area is 106 Å². The lowest BCUT2D eigenvalue weighted by Crippen LogP contribution is -2.42. The van der Waals surface area contributed by atoms with E-state index in [9.17, 15) is 0 Å². The molecule has 2 atom stereocenters.